The van der Waals surface area contributed by atoms with Crippen molar-refractivity contribution < 1.29 is 14.4 Å². The Morgan fingerprint density at radius 2 is 1.82 bits per heavy atom. The molecule has 0 bridgehead atoms. The van der Waals surface area contributed by atoms with Gasteiger partial charge >= 0.3 is 0 Å². The lowest BCUT2D eigenvalue weighted by atomic mass is 10.0. The number of carbonyl (C=O) groups excluding carboxylic acids is 3. The topological polar surface area (TPSA) is 90.9 Å². The average molecular weight is 495 g/mol. The van der Waals surface area contributed by atoms with E-state index in [4.69, 9.17) is 0 Å². The van der Waals surface area contributed by atoms with E-state index >= 15 is 0 Å². The summed E-state index contributed by atoms with van der Waals surface area (Å²) in [6.45, 7) is 1.84. The Bertz CT molecular complexity index is 1130. The van der Waals surface area contributed by atoms with Gasteiger partial charge in [0.2, 0.25) is 5.91 Å². The zero-order valence-corrected chi connectivity index (χ0v) is 20.3. The van der Waals surface area contributed by atoms with Crippen molar-refractivity contribution in [3.63, 3.8) is 0 Å². The van der Waals surface area contributed by atoms with E-state index in [1.807, 2.05) is 23.9 Å². The quantitative estimate of drug-likeness (QED) is 0.651. The maximum Gasteiger partial charge on any atom is 0.262 e. The van der Waals surface area contributed by atoms with Gasteiger partial charge in [0.15, 0.2) is 5.17 Å². The lowest BCUT2D eigenvalue weighted by molar-refractivity contribution is -0.121. The molecule has 7 nitrogen and oxygen atoms in total. The van der Waals surface area contributed by atoms with Crippen molar-refractivity contribution in [2.45, 2.75) is 41.9 Å². The van der Waals surface area contributed by atoms with Crippen LogP contribution in [0.2, 0.25) is 0 Å². The molecule has 2 aromatic carbocycles. The first-order valence-corrected chi connectivity index (χ1v) is 13.4. The van der Waals surface area contributed by atoms with Crippen LogP contribution in [0.3, 0.4) is 0 Å². The fraction of sp³-hybridized carbons (Fsp3) is 0.360. The summed E-state index contributed by atoms with van der Waals surface area (Å²) in [5.41, 5.74) is 2.29. The highest BCUT2D eigenvalue weighted by Crippen LogP contribution is 2.36. The summed E-state index contributed by atoms with van der Waals surface area (Å²) in [6.07, 6.45) is 3.19. The molecule has 0 spiro atoms. The Hall–Kier alpha value is -2.78. The normalized spacial score (nSPS) is 21.7. The Labute approximate surface area is 207 Å². The zero-order valence-electron chi connectivity index (χ0n) is 18.7. The number of anilines is 1. The molecule has 9 heteroatoms. The predicted molar refractivity (Wildman–Crippen MR) is 136 cm³/mol. The van der Waals surface area contributed by atoms with Crippen LogP contribution in [0.25, 0.3) is 0 Å². The van der Waals surface area contributed by atoms with Crippen LogP contribution in [0.5, 0.6) is 0 Å². The second kappa shape index (κ2) is 10.2. The van der Waals surface area contributed by atoms with E-state index in [0.717, 1.165) is 48.8 Å². The van der Waals surface area contributed by atoms with Crippen LogP contribution in [0, 0.1) is 0 Å². The third-order valence-electron chi connectivity index (χ3n) is 6.17. The van der Waals surface area contributed by atoms with Crippen molar-refractivity contribution in [2.24, 2.45) is 4.99 Å². The highest BCUT2D eigenvalue weighted by Gasteiger charge is 2.33. The van der Waals surface area contributed by atoms with Gasteiger partial charge in [-0.2, -0.15) is 4.99 Å². The number of amides is 3. The maximum atomic E-state index is 12.8. The SMILES string of the molecule is O=C(C[C@H]1SC(N2CCCC2)=NC1=O)Nc1ccc(C(=O)N[C@@H]2CCSc3ccccc32)cc1. The van der Waals surface area contributed by atoms with E-state index in [-0.39, 0.29) is 30.2 Å². The number of amidine groups is 1. The van der Waals surface area contributed by atoms with Gasteiger partial charge in [-0.15, -0.1) is 11.8 Å². The first-order chi connectivity index (χ1) is 16.6. The lowest BCUT2D eigenvalue weighted by Gasteiger charge is -2.25. The molecule has 3 aliphatic rings. The maximum absolute atomic E-state index is 12.8. The molecule has 2 atom stereocenters. The smallest absolute Gasteiger partial charge is 0.262 e. The summed E-state index contributed by atoms with van der Waals surface area (Å²) in [5.74, 6) is 0.359. The van der Waals surface area contributed by atoms with Gasteiger partial charge in [0.25, 0.3) is 11.8 Å². The molecule has 3 aliphatic heterocycles. The summed E-state index contributed by atoms with van der Waals surface area (Å²) < 4.78 is 0. The van der Waals surface area contributed by atoms with Crippen LogP contribution in [-0.4, -0.2) is 51.9 Å². The molecule has 1 saturated heterocycles. The third-order valence-corrected chi connectivity index (χ3v) is 8.51. The molecule has 34 heavy (non-hydrogen) atoms. The van der Waals surface area contributed by atoms with Crippen molar-refractivity contribution in [2.75, 3.05) is 24.2 Å². The summed E-state index contributed by atoms with van der Waals surface area (Å²) in [4.78, 5) is 45.0. The molecule has 3 heterocycles. The van der Waals surface area contributed by atoms with Crippen LogP contribution >= 0.6 is 23.5 Å². The Morgan fingerprint density at radius 3 is 2.62 bits per heavy atom. The molecule has 0 radical (unpaired) electrons. The summed E-state index contributed by atoms with van der Waals surface area (Å²) in [7, 11) is 0. The molecular weight excluding hydrogens is 468 g/mol. The molecule has 2 aromatic rings. The number of carbonyl (C=O) groups is 3. The summed E-state index contributed by atoms with van der Waals surface area (Å²) in [5, 5.41) is 6.24. The molecule has 0 saturated carbocycles. The van der Waals surface area contributed by atoms with Crippen LogP contribution in [0.15, 0.2) is 58.4 Å². The zero-order chi connectivity index (χ0) is 23.5. The van der Waals surface area contributed by atoms with Crippen molar-refractivity contribution in [3.8, 4) is 0 Å². The van der Waals surface area contributed by atoms with Crippen LogP contribution in [0.1, 0.15) is 47.6 Å². The van der Waals surface area contributed by atoms with Crippen molar-refractivity contribution in [1.29, 1.82) is 0 Å². The van der Waals surface area contributed by atoms with Gasteiger partial charge in [-0.3, -0.25) is 14.4 Å². The van der Waals surface area contributed by atoms with Crippen LogP contribution in [0.4, 0.5) is 5.69 Å². The van der Waals surface area contributed by atoms with Crippen molar-refractivity contribution >= 4 is 52.1 Å². The Kier molecular flexibility index (Phi) is 6.92. The number of hydrogen-bond acceptors (Lipinski definition) is 6. The van der Waals surface area contributed by atoms with Crippen LogP contribution < -0.4 is 10.6 Å². The molecular formula is C25H26N4O3S2. The molecule has 176 valence electrons. The molecule has 1 fully saturated rings. The number of nitrogens with one attached hydrogen (secondary N) is 2. The van der Waals surface area contributed by atoms with E-state index in [1.54, 1.807) is 24.3 Å². The number of benzene rings is 2. The minimum absolute atomic E-state index is 0.00144. The van der Waals surface area contributed by atoms with E-state index in [0.29, 0.717) is 11.3 Å². The molecule has 0 aromatic heterocycles. The molecule has 3 amide bonds. The van der Waals surface area contributed by atoms with Gasteiger partial charge in [-0.25, -0.2) is 0 Å². The van der Waals surface area contributed by atoms with Crippen molar-refractivity contribution in [3.05, 3.63) is 59.7 Å². The van der Waals surface area contributed by atoms with Gasteiger partial charge < -0.3 is 15.5 Å². The van der Waals surface area contributed by atoms with Crippen molar-refractivity contribution in [1.82, 2.24) is 10.2 Å². The second-order valence-corrected chi connectivity index (χ2v) is 10.9. The van der Waals surface area contributed by atoms with Gasteiger partial charge in [-0.05, 0) is 55.2 Å². The van der Waals surface area contributed by atoms with E-state index in [1.165, 1.54) is 16.7 Å². The minimum Gasteiger partial charge on any atom is -0.351 e. The fourth-order valence-electron chi connectivity index (χ4n) is 4.37. The standard InChI is InChI=1S/C25H26N4O3S2/c30-22(15-21-24(32)28-25(34-21)29-12-3-4-13-29)26-17-9-7-16(8-10-17)23(31)27-19-11-14-33-20-6-2-1-5-18(19)20/h1-2,5-10,19,21H,3-4,11-15H2,(H,26,30)(H,27,31)/t19-,21-/m1/s1. The first-order valence-electron chi connectivity index (χ1n) is 11.5. The molecule has 0 unspecified atom stereocenters. The number of fused-ring (bicyclic) bond motifs is 1. The Balaban J connectivity index is 1.14. The fourth-order valence-corrected chi connectivity index (χ4v) is 6.61. The van der Waals surface area contributed by atoms with Gasteiger partial charge in [0.05, 0.1) is 6.04 Å². The number of aliphatic imine (C=N–C) groups is 1. The van der Waals surface area contributed by atoms with E-state index < -0.39 is 5.25 Å². The number of nitrogens with zero attached hydrogens (tertiary/aromatic N) is 2. The Morgan fingerprint density at radius 1 is 1.06 bits per heavy atom. The monoisotopic (exact) mass is 494 g/mol. The summed E-state index contributed by atoms with van der Waals surface area (Å²) >= 11 is 3.20. The largest absolute Gasteiger partial charge is 0.351 e. The number of likely N-dealkylation sites (tertiary alicyclic amines) is 1. The highest BCUT2D eigenvalue weighted by atomic mass is 32.2. The number of rotatable bonds is 5. The first kappa shape index (κ1) is 23.0. The van der Waals surface area contributed by atoms with E-state index in [2.05, 4.69) is 32.7 Å². The minimum atomic E-state index is -0.475. The lowest BCUT2D eigenvalue weighted by Crippen LogP contribution is -2.30. The second-order valence-electron chi connectivity index (χ2n) is 8.56. The van der Waals surface area contributed by atoms with Gasteiger partial charge in [0.1, 0.15) is 5.25 Å². The number of hydrogen-bond donors (Lipinski definition) is 2. The average Bonchev–Trinajstić information content (AvgIpc) is 3.50. The number of thioether (sulfide) groups is 2. The third kappa shape index (κ3) is 5.15. The van der Waals surface area contributed by atoms with Crippen LogP contribution in [-0.2, 0) is 9.59 Å². The van der Waals surface area contributed by atoms with E-state index in [9.17, 15) is 14.4 Å². The van der Waals surface area contributed by atoms with Gasteiger partial charge in [-0.1, -0.05) is 30.0 Å². The summed E-state index contributed by atoms with van der Waals surface area (Å²) in [6, 6.07) is 15.0. The molecule has 2 N–H and O–H groups in total. The highest BCUT2D eigenvalue weighted by molar-refractivity contribution is 8.15. The van der Waals surface area contributed by atoms with Gasteiger partial charge in [0, 0.05) is 41.4 Å². The molecule has 0 aliphatic carbocycles. The predicted octanol–water partition coefficient (Wildman–Crippen LogP) is 4.08. The molecule has 5 rings (SSSR count).